The molecule has 0 unspecified atom stereocenters. The van der Waals surface area contributed by atoms with E-state index in [-0.39, 0.29) is 58.2 Å². The number of aryl methyl sites for hydroxylation is 3. The van der Waals surface area contributed by atoms with Crippen LogP contribution in [0.4, 0.5) is 0 Å². The minimum absolute atomic E-state index is 0. The predicted molar refractivity (Wildman–Crippen MR) is 251 cm³/mol. The number of carbonyl (C=O) groups excluding carboxylic acids is 3. The van der Waals surface area contributed by atoms with Gasteiger partial charge in [0.15, 0.2) is 17.3 Å². The Bertz CT molecular complexity index is 1970. The molecule has 0 N–H and O–H groups in total. The molecule has 3 nitrogen and oxygen atoms in total. The van der Waals surface area contributed by atoms with Crippen molar-refractivity contribution in [3.05, 3.63) is 250 Å². The number of rotatable bonds is 18. The van der Waals surface area contributed by atoms with Gasteiger partial charge in [0.1, 0.15) is 0 Å². The third kappa shape index (κ3) is 20.6. The van der Waals surface area contributed by atoms with Gasteiger partial charge in [0.25, 0.3) is 0 Å². The second-order valence-corrected chi connectivity index (χ2v) is 14.7. The largest absolute Gasteiger partial charge is 0.295 e. The van der Waals surface area contributed by atoms with E-state index in [1.54, 1.807) is 0 Å². The molecule has 0 aliphatic carbocycles. The second kappa shape index (κ2) is 31.7. The first-order valence-corrected chi connectivity index (χ1v) is 21.2. The summed E-state index contributed by atoms with van der Waals surface area (Å²) in [5.41, 5.74) is 9.95. The van der Waals surface area contributed by atoms with Crippen LogP contribution < -0.4 is 0 Å². The van der Waals surface area contributed by atoms with E-state index in [1.807, 2.05) is 148 Å². The van der Waals surface area contributed by atoms with E-state index in [0.717, 1.165) is 55.2 Å². The van der Waals surface area contributed by atoms with Gasteiger partial charge in [0.05, 0.1) is 0 Å². The maximum absolute atomic E-state index is 12.3. The van der Waals surface area contributed by atoms with Crippen LogP contribution in [0.5, 0.6) is 0 Å². The van der Waals surface area contributed by atoms with Crippen LogP contribution in [0.1, 0.15) is 73.4 Å². The average molecular weight is 1010 g/mol. The molecule has 0 spiro atoms. The van der Waals surface area contributed by atoms with Crippen molar-refractivity contribution in [1.29, 1.82) is 0 Å². The summed E-state index contributed by atoms with van der Waals surface area (Å²) in [6, 6.07) is 60.9. The van der Waals surface area contributed by atoms with Gasteiger partial charge in [-0.3, -0.25) is 14.4 Å². The third-order valence-corrected chi connectivity index (χ3v) is 10.3. The number of carbonyl (C=O) groups is 3. The van der Waals surface area contributed by atoms with Crippen LogP contribution in [0.2, 0.25) is 0 Å². The van der Waals surface area contributed by atoms with Crippen LogP contribution in [0, 0.1) is 0 Å². The molecule has 6 aromatic rings. The molecule has 0 fully saturated rings. The van der Waals surface area contributed by atoms with Crippen molar-refractivity contribution in [1.82, 2.24) is 0 Å². The Hall–Kier alpha value is -5.13. The molecular formula is C57H60O3Pd2. The molecule has 326 valence electrons. The number of hydrogen-bond donors (Lipinski definition) is 0. The fraction of sp³-hybridized carbons (Fsp3) is 0.211. The van der Waals surface area contributed by atoms with Crippen LogP contribution in [0.3, 0.4) is 0 Å². The molecule has 0 amide bonds. The Balaban J connectivity index is 0.000000315. The van der Waals surface area contributed by atoms with Crippen molar-refractivity contribution < 1.29 is 55.2 Å². The maximum Gasteiger partial charge on any atom is 0.159 e. The monoisotopic (exact) mass is 1000 g/mol. The second-order valence-electron chi connectivity index (χ2n) is 14.7. The number of ketones is 3. The smallest absolute Gasteiger partial charge is 0.159 e. The van der Waals surface area contributed by atoms with E-state index in [4.69, 9.17) is 0 Å². The number of hydrogen-bond acceptors (Lipinski definition) is 3. The average Bonchev–Trinajstić information content (AvgIpc) is 3.31. The summed E-state index contributed by atoms with van der Waals surface area (Å²) in [4.78, 5) is 36.9. The van der Waals surface area contributed by atoms with Crippen LogP contribution in [-0.4, -0.2) is 17.3 Å². The Kier molecular flexibility index (Phi) is 27.1. The summed E-state index contributed by atoms with van der Waals surface area (Å²) < 4.78 is 0. The maximum atomic E-state index is 12.3. The van der Waals surface area contributed by atoms with Gasteiger partial charge >= 0.3 is 0 Å². The van der Waals surface area contributed by atoms with E-state index in [1.165, 1.54) is 33.4 Å². The van der Waals surface area contributed by atoms with Gasteiger partial charge in [0.2, 0.25) is 0 Å². The van der Waals surface area contributed by atoms with Gasteiger partial charge in [-0.05, 0) is 90.1 Å². The van der Waals surface area contributed by atoms with Gasteiger partial charge in [-0.15, -0.1) is 0 Å². The number of benzene rings is 6. The molecule has 0 heterocycles. The first-order chi connectivity index (χ1) is 29.4. The van der Waals surface area contributed by atoms with Gasteiger partial charge in [-0.25, -0.2) is 0 Å². The summed E-state index contributed by atoms with van der Waals surface area (Å²) in [5, 5.41) is 0. The van der Waals surface area contributed by atoms with Crippen molar-refractivity contribution in [3.63, 3.8) is 0 Å². The Morgan fingerprint density at radius 3 is 0.661 bits per heavy atom. The molecule has 62 heavy (non-hydrogen) atoms. The first-order valence-electron chi connectivity index (χ1n) is 21.2. The van der Waals surface area contributed by atoms with Crippen LogP contribution in [0.15, 0.2) is 217 Å². The molecule has 0 aliphatic heterocycles. The van der Waals surface area contributed by atoms with E-state index >= 15 is 0 Å². The van der Waals surface area contributed by atoms with E-state index < -0.39 is 0 Å². The quantitative estimate of drug-likeness (QED) is 0.0637. The van der Waals surface area contributed by atoms with Crippen LogP contribution in [-0.2, 0) is 93.8 Å². The summed E-state index contributed by atoms with van der Waals surface area (Å²) in [7, 11) is 0. The normalized spacial score (nSPS) is 11.0. The predicted octanol–water partition coefficient (Wildman–Crippen LogP) is 13.1. The van der Waals surface area contributed by atoms with E-state index in [0.29, 0.717) is 19.3 Å². The fourth-order valence-electron chi connectivity index (χ4n) is 6.72. The van der Waals surface area contributed by atoms with Crippen molar-refractivity contribution in [2.75, 3.05) is 0 Å². The van der Waals surface area contributed by atoms with Crippen LogP contribution in [0.25, 0.3) is 0 Å². The standard InChI is InChI=1S/3C19H20O.2Pd/c3*1-2-18(15-17-11-7-4-8-12-17)19(20)14-13-16-9-5-3-6-10-16;;/h3*2-12H,13-15H2,1H3;;. The minimum Gasteiger partial charge on any atom is -0.295 e. The first kappa shape index (κ1) is 53.0. The molecule has 0 saturated carbocycles. The molecule has 0 aliphatic rings. The zero-order valence-corrected chi connectivity index (χ0v) is 39.4. The van der Waals surface area contributed by atoms with Crippen molar-refractivity contribution in [2.24, 2.45) is 0 Å². The fourth-order valence-corrected chi connectivity index (χ4v) is 6.72. The van der Waals surface area contributed by atoms with Crippen molar-refractivity contribution >= 4 is 17.3 Å². The Morgan fingerprint density at radius 2 is 0.484 bits per heavy atom. The molecule has 0 bridgehead atoms. The van der Waals surface area contributed by atoms with Gasteiger partial charge in [-0.1, -0.05) is 200 Å². The molecule has 0 saturated heterocycles. The SMILES string of the molecule is CC=C(Cc1ccccc1)C(=O)CCc1ccccc1.CC=C(Cc1ccccc1)C(=O)CCc1ccccc1.CC=C(Cc1ccccc1)C(=O)CCc1ccccc1.[Pd].[Pd]. The molecule has 6 rings (SSSR count). The Labute approximate surface area is 398 Å². The van der Waals surface area contributed by atoms with Gasteiger partial charge in [-0.2, -0.15) is 0 Å². The molecular weight excluding hydrogens is 945 g/mol. The summed E-state index contributed by atoms with van der Waals surface area (Å²) >= 11 is 0. The van der Waals surface area contributed by atoms with Gasteiger partial charge in [0, 0.05) is 79.4 Å². The third-order valence-electron chi connectivity index (χ3n) is 10.3. The van der Waals surface area contributed by atoms with Crippen LogP contribution >= 0.6 is 0 Å². The minimum atomic E-state index is 0. The van der Waals surface area contributed by atoms with E-state index in [2.05, 4.69) is 72.8 Å². The molecule has 6 aromatic carbocycles. The molecule has 0 atom stereocenters. The van der Waals surface area contributed by atoms with Crippen molar-refractivity contribution in [3.8, 4) is 0 Å². The molecule has 5 heteroatoms. The molecule has 0 radical (unpaired) electrons. The summed E-state index contributed by atoms with van der Waals surface area (Å²) in [6.07, 6.45) is 12.2. The zero-order valence-electron chi connectivity index (χ0n) is 36.3. The van der Waals surface area contributed by atoms with Crippen molar-refractivity contribution in [2.45, 2.75) is 78.6 Å². The number of Topliss-reactive ketones (excluding diaryl/α,β-unsaturated/α-hetero) is 3. The number of allylic oxidation sites excluding steroid dienone is 6. The summed E-state index contributed by atoms with van der Waals surface area (Å²) in [5.74, 6) is 0.751. The Morgan fingerprint density at radius 1 is 0.306 bits per heavy atom. The molecule has 0 aromatic heterocycles. The zero-order chi connectivity index (χ0) is 42.6. The van der Waals surface area contributed by atoms with E-state index in [9.17, 15) is 14.4 Å². The van der Waals surface area contributed by atoms with Gasteiger partial charge < -0.3 is 0 Å². The summed E-state index contributed by atoms with van der Waals surface area (Å²) in [6.45, 7) is 5.83. The topological polar surface area (TPSA) is 51.2 Å².